The lowest BCUT2D eigenvalue weighted by atomic mass is 10.2. The highest BCUT2D eigenvalue weighted by molar-refractivity contribution is 7.89. The minimum atomic E-state index is -3.70. The zero-order chi connectivity index (χ0) is 21.3. The van der Waals surface area contributed by atoms with Crippen LogP contribution in [0.1, 0.15) is 39.3 Å². The lowest BCUT2D eigenvalue weighted by Gasteiger charge is -2.23. The van der Waals surface area contributed by atoms with Crippen molar-refractivity contribution in [3.63, 3.8) is 0 Å². The normalized spacial score (nSPS) is 17.2. The number of nitrogens with zero attached hydrogens (tertiary/aromatic N) is 3. The van der Waals surface area contributed by atoms with Crippen molar-refractivity contribution in [2.45, 2.75) is 30.7 Å². The first kappa shape index (κ1) is 20.6. The molecule has 1 saturated heterocycles. The summed E-state index contributed by atoms with van der Waals surface area (Å²) in [4.78, 5) is 12.7. The molecular weight excluding hydrogens is 427 g/mol. The van der Waals surface area contributed by atoms with Gasteiger partial charge in [-0.25, -0.2) is 12.8 Å². The molecule has 1 unspecified atom stereocenters. The van der Waals surface area contributed by atoms with E-state index in [1.165, 1.54) is 22.5 Å². The van der Waals surface area contributed by atoms with Crippen LogP contribution in [-0.4, -0.2) is 35.4 Å². The zero-order valence-corrected chi connectivity index (χ0v) is 17.7. The third-order valence-electron chi connectivity index (χ3n) is 4.89. The van der Waals surface area contributed by atoms with Gasteiger partial charge in [-0.05, 0) is 49.6 Å². The van der Waals surface area contributed by atoms with Crippen LogP contribution in [-0.2, 0) is 10.0 Å². The highest BCUT2D eigenvalue weighted by Gasteiger charge is 2.39. The van der Waals surface area contributed by atoms with E-state index in [-0.39, 0.29) is 9.90 Å². The molecule has 0 radical (unpaired) electrons. The molecule has 4 rings (SSSR count). The van der Waals surface area contributed by atoms with Crippen molar-refractivity contribution in [1.29, 1.82) is 0 Å². The fourth-order valence-corrected chi connectivity index (χ4v) is 6.30. The number of rotatable bonds is 5. The van der Waals surface area contributed by atoms with Crippen molar-refractivity contribution in [1.82, 2.24) is 14.5 Å². The van der Waals surface area contributed by atoms with Crippen molar-refractivity contribution < 1.29 is 17.6 Å². The van der Waals surface area contributed by atoms with Crippen LogP contribution in [0.4, 0.5) is 10.1 Å². The minimum absolute atomic E-state index is 0.0920. The van der Waals surface area contributed by atoms with Crippen molar-refractivity contribution in [2.24, 2.45) is 0 Å². The third-order valence-corrected chi connectivity index (χ3v) is 7.98. The molecule has 2 heterocycles. The van der Waals surface area contributed by atoms with E-state index in [1.807, 2.05) is 0 Å². The molecule has 1 fully saturated rings. The van der Waals surface area contributed by atoms with Gasteiger partial charge in [-0.3, -0.25) is 4.79 Å². The lowest BCUT2D eigenvalue weighted by Crippen LogP contribution is -2.31. The van der Waals surface area contributed by atoms with Crippen molar-refractivity contribution >= 4 is 33.0 Å². The second kappa shape index (κ2) is 8.21. The van der Waals surface area contributed by atoms with Gasteiger partial charge in [0.1, 0.15) is 10.8 Å². The second-order valence-electron chi connectivity index (χ2n) is 6.95. The van der Waals surface area contributed by atoms with E-state index in [2.05, 4.69) is 15.5 Å². The van der Waals surface area contributed by atoms with Gasteiger partial charge >= 0.3 is 0 Å². The number of aromatic nitrogens is 2. The summed E-state index contributed by atoms with van der Waals surface area (Å²) in [5.74, 6) is -0.982. The Morgan fingerprint density at radius 1 is 1.20 bits per heavy atom. The number of aryl methyl sites for hydroxylation is 1. The monoisotopic (exact) mass is 446 g/mol. The highest BCUT2D eigenvalue weighted by atomic mass is 32.2. The average molecular weight is 447 g/mol. The molecule has 2 aromatic carbocycles. The van der Waals surface area contributed by atoms with Crippen LogP contribution in [0.2, 0.25) is 0 Å². The van der Waals surface area contributed by atoms with Crippen molar-refractivity contribution in [2.75, 3.05) is 11.9 Å². The maximum Gasteiger partial charge on any atom is 0.286 e. The van der Waals surface area contributed by atoms with E-state index in [1.54, 1.807) is 37.3 Å². The predicted molar refractivity (Wildman–Crippen MR) is 111 cm³/mol. The largest absolute Gasteiger partial charge is 0.320 e. The van der Waals surface area contributed by atoms with Gasteiger partial charge < -0.3 is 5.32 Å². The highest BCUT2D eigenvalue weighted by Crippen LogP contribution is 2.38. The fourth-order valence-electron chi connectivity index (χ4n) is 3.46. The Morgan fingerprint density at radius 2 is 2.00 bits per heavy atom. The van der Waals surface area contributed by atoms with E-state index >= 15 is 0 Å². The predicted octanol–water partition coefficient (Wildman–Crippen LogP) is 3.76. The average Bonchev–Trinajstić information content (AvgIpc) is 3.38. The first-order chi connectivity index (χ1) is 14.4. The summed E-state index contributed by atoms with van der Waals surface area (Å²) < 4.78 is 41.2. The SMILES string of the molecule is Cc1ccccc1S(=O)(=O)N1CCCC1c1nnc(C(=O)Nc2cccc(F)c2)s1. The van der Waals surface area contributed by atoms with Crippen LogP contribution in [0.15, 0.2) is 53.4 Å². The number of carbonyl (C=O) groups is 1. The van der Waals surface area contributed by atoms with E-state index in [4.69, 9.17) is 0 Å². The van der Waals surface area contributed by atoms with Gasteiger partial charge in [-0.15, -0.1) is 10.2 Å². The summed E-state index contributed by atoms with van der Waals surface area (Å²) in [6, 6.07) is 11.9. The van der Waals surface area contributed by atoms with E-state index in [9.17, 15) is 17.6 Å². The van der Waals surface area contributed by atoms with Gasteiger partial charge in [0.2, 0.25) is 15.0 Å². The minimum Gasteiger partial charge on any atom is -0.320 e. The number of hydrogen-bond donors (Lipinski definition) is 1. The Balaban J connectivity index is 1.56. The summed E-state index contributed by atoms with van der Waals surface area (Å²) in [5.41, 5.74) is 0.983. The van der Waals surface area contributed by atoms with Gasteiger partial charge in [0.25, 0.3) is 5.91 Å². The molecule has 0 saturated carbocycles. The molecule has 3 aromatic rings. The van der Waals surface area contributed by atoms with E-state index in [0.717, 1.165) is 11.3 Å². The van der Waals surface area contributed by atoms with Gasteiger partial charge in [-0.2, -0.15) is 4.31 Å². The van der Waals surface area contributed by atoms with Gasteiger partial charge in [0, 0.05) is 12.2 Å². The Morgan fingerprint density at radius 3 is 2.77 bits per heavy atom. The third kappa shape index (κ3) is 3.98. The summed E-state index contributed by atoms with van der Waals surface area (Å²) in [6.07, 6.45) is 1.30. The topological polar surface area (TPSA) is 92.3 Å². The molecule has 30 heavy (non-hydrogen) atoms. The maximum atomic E-state index is 13.3. The van der Waals surface area contributed by atoms with Crippen LogP contribution in [0.25, 0.3) is 0 Å². The van der Waals surface area contributed by atoms with Crippen LogP contribution in [0.3, 0.4) is 0 Å². The van der Waals surface area contributed by atoms with Crippen LogP contribution >= 0.6 is 11.3 Å². The molecule has 1 amide bonds. The number of halogens is 1. The van der Waals surface area contributed by atoms with Gasteiger partial charge in [-0.1, -0.05) is 35.6 Å². The number of sulfonamides is 1. The number of carbonyl (C=O) groups excluding carboxylic acids is 1. The molecule has 1 aromatic heterocycles. The van der Waals surface area contributed by atoms with Crippen LogP contribution in [0.5, 0.6) is 0 Å². The Bertz CT molecular complexity index is 1200. The van der Waals surface area contributed by atoms with Crippen LogP contribution in [0, 0.1) is 12.7 Å². The molecule has 0 aliphatic carbocycles. The van der Waals surface area contributed by atoms with Crippen LogP contribution < -0.4 is 5.32 Å². The number of amides is 1. The van der Waals surface area contributed by atoms with E-state index < -0.39 is 27.8 Å². The summed E-state index contributed by atoms with van der Waals surface area (Å²) >= 11 is 1.05. The summed E-state index contributed by atoms with van der Waals surface area (Å²) in [5, 5.41) is 11.1. The van der Waals surface area contributed by atoms with Gasteiger partial charge in [0.15, 0.2) is 0 Å². The number of hydrogen-bond acceptors (Lipinski definition) is 6. The summed E-state index contributed by atoms with van der Waals surface area (Å²) in [7, 11) is -3.70. The number of benzene rings is 2. The molecule has 7 nitrogen and oxygen atoms in total. The molecule has 156 valence electrons. The fraction of sp³-hybridized carbons (Fsp3) is 0.250. The number of nitrogens with one attached hydrogen (secondary N) is 1. The molecular formula is C20H19FN4O3S2. The molecule has 0 spiro atoms. The lowest BCUT2D eigenvalue weighted by molar-refractivity contribution is 0.102. The molecule has 1 aliphatic heterocycles. The second-order valence-corrected chi connectivity index (χ2v) is 9.82. The maximum absolute atomic E-state index is 13.3. The zero-order valence-electron chi connectivity index (χ0n) is 16.1. The van der Waals surface area contributed by atoms with Crippen molar-refractivity contribution in [3.05, 3.63) is 69.9 Å². The van der Waals surface area contributed by atoms with Gasteiger partial charge in [0.05, 0.1) is 10.9 Å². The molecule has 0 bridgehead atoms. The quantitative estimate of drug-likeness (QED) is 0.644. The Kier molecular flexibility index (Phi) is 5.63. The standard InChI is InChI=1S/C20H19FN4O3S2/c1-13-6-2-3-10-17(13)30(27,28)25-11-5-9-16(25)19-23-24-20(29-19)18(26)22-15-8-4-7-14(21)12-15/h2-4,6-8,10,12,16H,5,9,11H2,1H3,(H,22,26). The molecule has 1 atom stereocenters. The van der Waals surface area contributed by atoms with Crippen molar-refractivity contribution in [3.8, 4) is 0 Å². The Hall–Kier alpha value is -2.69. The number of anilines is 1. The molecule has 10 heteroatoms. The van der Waals surface area contributed by atoms with E-state index in [0.29, 0.717) is 35.6 Å². The molecule has 1 N–H and O–H groups in total. The first-order valence-corrected chi connectivity index (χ1v) is 11.6. The Labute approximate surface area is 177 Å². The smallest absolute Gasteiger partial charge is 0.286 e. The summed E-state index contributed by atoms with van der Waals surface area (Å²) in [6.45, 7) is 2.14. The first-order valence-electron chi connectivity index (χ1n) is 9.34. The molecule has 1 aliphatic rings.